The smallest absolute Gasteiger partial charge is 0.166 e. The largest absolute Gasteiger partial charge is 0.417 e. The summed E-state index contributed by atoms with van der Waals surface area (Å²) in [5, 5.41) is 0.0764. The van der Waals surface area contributed by atoms with Gasteiger partial charge in [-0.2, -0.15) is 13.2 Å². The predicted molar refractivity (Wildman–Crippen MR) is 74.7 cm³/mol. The van der Waals surface area contributed by atoms with Crippen molar-refractivity contribution in [2.75, 3.05) is 0 Å². The fourth-order valence-corrected chi connectivity index (χ4v) is 2.83. The van der Waals surface area contributed by atoms with Gasteiger partial charge in [-0.25, -0.2) is 0 Å². The fourth-order valence-electron chi connectivity index (χ4n) is 1.44. The number of halogens is 5. The van der Waals surface area contributed by atoms with Crippen LogP contribution in [0.25, 0.3) is 0 Å². The van der Waals surface area contributed by atoms with E-state index in [1.807, 2.05) is 0 Å². The van der Waals surface area contributed by atoms with Crippen LogP contribution < -0.4 is 0 Å². The highest BCUT2D eigenvalue weighted by Crippen LogP contribution is 2.40. The summed E-state index contributed by atoms with van der Waals surface area (Å²) in [5.41, 5.74) is -0.715. The van der Waals surface area contributed by atoms with Crippen molar-refractivity contribution >= 4 is 39.3 Å². The van der Waals surface area contributed by atoms with Crippen molar-refractivity contribution in [2.24, 2.45) is 0 Å². The quantitative estimate of drug-likeness (QED) is 0.602. The van der Waals surface area contributed by atoms with Crippen molar-refractivity contribution in [1.29, 1.82) is 0 Å². The van der Waals surface area contributed by atoms with Crippen molar-refractivity contribution in [3.05, 3.63) is 57.5 Å². The normalized spacial score (nSPS) is 11.6. The molecule has 0 heterocycles. The second kappa shape index (κ2) is 5.77. The summed E-state index contributed by atoms with van der Waals surface area (Å²) in [7, 11) is 0. The summed E-state index contributed by atoms with van der Waals surface area (Å²) in [6.45, 7) is 0. The van der Waals surface area contributed by atoms with Crippen molar-refractivity contribution < 1.29 is 13.2 Å². The van der Waals surface area contributed by atoms with E-state index in [1.165, 1.54) is 12.1 Å². The van der Waals surface area contributed by atoms with Crippen molar-refractivity contribution in [2.45, 2.75) is 16.0 Å². The van der Waals surface area contributed by atoms with E-state index in [1.54, 1.807) is 24.3 Å². The first kappa shape index (κ1) is 14.8. The first-order chi connectivity index (χ1) is 8.86. The van der Waals surface area contributed by atoms with E-state index in [-0.39, 0.29) is 9.92 Å². The molecule has 2 aromatic rings. The molecule has 0 aliphatic heterocycles. The molecule has 6 heteroatoms. The van der Waals surface area contributed by atoms with Gasteiger partial charge in [0, 0.05) is 19.3 Å². The van der Waals surface area contributed by atoms with Crippen LogP contribution in [-0.4, -0.2) is 0 Å². The minimum Gasteiger partial charge on any atom is -0.166 e. The Balaban J connectivity index is 2.37. The van der Waals surface area contributed by atoms with Gasteiger partial charge >= 0.3 is 6.18 Å². The number of rotatable bonds is 2. The van der Waals surface area contributed by atoms with E-state index in [2.05, 4.69) is 15.9 Å². The molecule has 0 radical (unpaired) electrons. The molecule has 0 bridgehead atoms. The maximum atomic E-state index is 12.9. The zero-order chi connectivity index (χ0) is 14.0. The molecule has 0 fully saturated rings. The molecule has 0 N–H and O–H groups in total. The van der Waals surface area contributed by atoms with Crippen LogP contribution in [0.2, 0.25) is 5.02 Å². The lowest BCUT2D eigenvalue weighted by Crippen LogP contribution is -2.06. The minimum atomic E-state index is -4.41. The highest BCUT2D eigenvalue weighted by atomic mass is 79.9. The SMILES string of the molecule is FC(F)(F)c1cc(Cl)ccc1Sc1ccc(Br)cc1. The summed E-state index contributed by atoms with van der Waals surface area (Å²) >= 11 is 9.97. The minimum absolute atomic E-state index is 0.0764. The standard InChI is InChI=1S/C13H7BrClF3S/c14-8-1-4-10(5-2-8)19-12-6-3-9(15)7-11(12)13(16,17)18/h1-7H. The topological polar surface area (TPSA) is 0 Å². The molecule has 0 saturated heterocycles. The predicted octanol–water partition coefficient (Wildman–Crippen LogP) is 6.27. The number of hydrogen-bond donors (Lipinski definition) is 0. The molecule has 0 saturated carbocycles. The third-order valence-electron chi connectivity index (χ3n) is 2.29. The van der Waals surface area contributed by atoms with Crippen LogP contribution in [0.5, 0.6) is 0 Å². The molecule has 0 spiro atoms. The van der Waals surface area contributed by atoms with E-state index >= 15 is 0 Å². The summed E-state index contributed by atoms with van der Waals surface area (Å²) in [6.07, 6.45) is -4.41. The highest BCUT2D eigenvalue weighted by Gasteiger charge is 2.33. The summed E-state index contributed by atoms with van der Waals surface area (Å²) in [4.78, 5) is 0.871. The van der Waals surface area contributed by atoms with E-state index < -0.39 is 11.7 Å². The first-order valence-corrected chi connectivity index (χ1v) is 7.15. The molecule has 0 amide bonds. The monoisotopic (exact) mass is 366 g/mol. The van der Waals surface area contributed by atoms with Crippen molar-refractivity contribution in [3.63, 3.8) is 0 Å². The molecule has 0 aliphatic carbocycles. The summed E-state index contributed by atoms with van der Waals surface area (Å²) in [6, 6.07) is 10.9. The lowest BCUT2D eigenvalue weighted by molar-refractivity contribution is -0.139. The lowest BCUT2D eigenvalue weighted by Gasteiger charge is -2.12. The first-order valence-electron chi connectivity index (χ1n) is 5.16. The third-order valence-corrected chi connectivity index (χ3v) is 4.14. The number of hydrogen-bond acceptors (Lipinski definition) is 1. The van der Waals surface area contributed by atoms with Crippen LogP contribution in [0.3, 0.4) is 0 Å². The molecule has 0 aliphatic rings. The lowest BCUT2D eigenvalue weighted by atomic mass is 10.2. The second-order valence-corrected chi connectivity index (χ2v) is 6.16. The van der Waals surface area contributed by atoms with Gasteiger partial charge in [-0.1, -0.05) is 39.3 Å². The molecule has 0 unspecified atom stereocenters. The van der Waals surface area contributed by atoms with Gasteiger partial charge in [-0.15, -0.1) is 0 Å². The van der Waals surface area contributed by atoms with Gasteiger partial charge in [0.25, 0.3) is 0 Å². The molecule has 0 nitrogen and oxygen atoms in total. The molecular weight excluding hydrogens is 361 g/mol. The van der Waals surface area contributed by atoms with Crippen molar-refractivity contribution in [3.8, 4) is 0 Å². The molecule has 19 heavy (non-hydrogen) atoms. The molecule has 0 atom stereocenters. The van der Waals surface area contributed by atoms with Crippen LogP contribution in [0.4, 0.5) is 13.2 Å². The molecule has 0 aromatic heterocycles. The summed E-state index contributed by atoms with van der Waals surface area (Å²) in [5.74, 6) is 0. The van der Waals surface area contributed by atoms with E-state index in [4.69, 9.17) is 11.6 Å². The zero-order valence-electron chi connectivity index (χ0n) is 9.34. The van der Waals surface area contributed by atoms with Gasteiger partial charge in [0.05, 0.1) is 5.56 Å². The Bertz CT molecular complexity index is 581. The van der Waals surface area contributed by atoms with Gasteiger partial charge < -0.3 is 0 Å². The fraction of sp³-hybridized carbons (Fsp3) is 0.0769. The van der Waals surface area contributed by atoms with Gasteiger partial charge in [0.2, 0.25) is 0 Å². The van der Waals surface area contributed by atoms with Crippen LogP contribution >= 0.6 is 39.3 Å². The molecule has 2 rings (SSSR count). The molecule has 100 valence electrons. The Morgan fingerprint density at radius 3 is 2.21 bits per heavy atom. The van der Waals surface area contributed by atoms with Crippen molar-refractivity contribution in [1.82, 2.24) is 0 Å². The van der Waals surface area contributed by atoms with Crippen LogP contribution in [0.1, 0.15) is 5.56 Å². The maximum Gasteiger partial charge on any atom is 0.417 e. The second-order valence-electron chi connectivity index (χ2n) is 3.69. The Labute approximate surface area is 126 Å². The van der Waals surface area contributed by atoms with Crippen LogP contribution in [0.15, 0.2) is 56.7 Å². The van der Waals surface area contributed by atoms with Crippen LogP contribution in [0, 0.1) is 0 Å². The van der Waals surface area contributed by atoms with Gasteiger partial charge in [0.15, 0.2) is 0 Å². The van der Waals surface area contributed by atoms with Gasteiger partial charge in [0.1, 0.15) is 0 Å². The van der Waals surface area contributed by atoms with Gasteiger partial charge in [-0.3, -0.25) is 0 Å². The number of benzene rings is 2. The van der Waals surface area contributed by atoms with E-state index in [0.717, 1.165) is 27.2 Å². The Kier molecular flexibility index (Phi) is 4.48. The molecule has 2 aromatic carbocycles. The van der Waals surface area contributed by atoms with E-state index in [0.29, 0.717) is 0 Å². The average molecular weight is 368 g/mol. The van der Waals surface area contributed by atoms with Gasteiger partial charge in [-0.05, 0) is 42.5 Å². The Morgan fingerprint density at radius 2 is 1.63 bits per heavy atom. The third kappa shape index (κ3) is 3.91. The number of alkyl halides is 3. The van der Waals surface area contributed by atoms with Crippen LogP contribution in [-0.2, 0) is 6.18 Å². The maximum absolute atomic E-state index is 12.9. The van der Waals surface area contributed by atoms with E-state index in [9.17, 15) is 13.2 Å². The summed E-state index contributed by atoms with van der Waals surface area (Å²) < 4.78 is 39.6. The highest BCUT2D eigenvalue weighted by molar-refractivity contribution is 9.10. The average Bonchev–Trinajstić information content (AvgIpc) is 2.33. The molecular formula is C13H7BrClF3S. The zero-order valence-corrected chi connectivity index (χ0v) is 12.5. The Hall–Kier alpha value is -0.650. The Morgan fingerprint density at radius 1 is 1.00 bits per heavy atom.